The molecule has 0 amide bonds. The van der Waals surface area contributed by atoms with Gasteiger partial charge >= 0.3 is 0 Å². The van der Waals surface area contributed by atoms with Crippen LogP contribution < -0.4 is 10.2 Å². The minimum atomic E-state index is 0.343. The molecule has 0 aliphatic rings. The van der Waals surface area contributed by atoms with E-state index in [0.717, 1.165) is 5.46 Å². The van der Waals surface area contributed by atoms with Gasteiger partial charge in [-0.3, -0.25) is 4.79 Å². The van der Waals surface area contributed by atoms with E-state index in [1.54, 1.807) is 12.1 Å². The van der Waals surface area contributed by atoms with E-state index in [0.29, 0.717) is 17.8 Å². The van der Waals surface area contributed by atoms with Crippen molar-refractivity contribution in [2.75, 3.05) is 0 Å². The minimum Gasteiger partial charge on any atom is -0.429 e. The Hall–Kier alpha value is -1.76. The van der Waals surface area contributed by atoms with Crippen LogP contribution in [0.5, 0.6) is 5.75 Å². The zero-order valence-corrected chi connectivity index (χ0v) is 6.57. The molecule has 0 unspecified atom stereocenters. The van der Waals surface area contributed by atoms with Crippen molar-refractivity contribution in [2.24, 2.45) is 0 Å². The van der Waals surface area contributed by atoms with E-state index in [9.17, 15) is 4.79 Å². The third-order valence-corrected chi connectivity index (χ3v) is 1.36. The monoisotopic (exact) mass is 159 g/mol. The van der Waals surface area contributed by atoms with Crippen LogP contribution in [0.25, 0.3) is 0 Å². The van der Waals surface area contributed by atoms with E-state index in [-0.39, 0.29) is 0 Å². The van der Waals surface area contributed by atoms with Gasteiger partial charge in [-0.15, -0.1) is 0 Å². The number of carbonyl (C=O) groups is 1. The third-order valence-electron chi connectivity index (χ3n) is 1.36. The maximum atomic E-state index is 9.98. The molecule has 0 N–H and O–H groups in total. The Bertz CT molecular complexity index is 343. The van der Waals surface area contributed by atoms with Crippen molar-refractivity contribution in [3.05, 3.63) is 23.8 Å². The zero-order chi connectivity index (χ0) is 8.97. The maximum Gasteiger partial charge on any atom is 0.298 e. The van der Waals surface area contributed by atoms with Crippen molar-refractivity contribution >= 4 is 19.8 Å². The van der Waals surface area contributed by atoms with E-state index in [1.165, 1.54) is 6.07 Å². The molecule has 58 valence electrons. The quantitative estimate of drug-likeness (QED) is 0.425. The molecule has 0 saturated heterocycles. The first-order valence-electron chi connectivity index (χ1n) is 3.38. The molecule has 0 radical (unpaired) electrons. The van der Waals surface area contributed by atoms with Crippen LogP contribution in [-0.4, -0.2) is 14.3 Å². The fourth-order valence-corrected chi connectivity index (χ4v) is 0.936. The molecule has 0 aliphatic heterocycles. The Morgan fingerprint density at radius 3 is 2.83 bits per heavy atom. The lowest BCUT2D eigenvalue weighted by Gasteiger charge is -1.99. The molecule has 4 heteroatoms. The van der Waals surface area contributed by atoms with Crippen molar-refractivity contribution < 1.29 is 9.53 Å². The second-order valence-corrected chi connectivity index (χ2v) is 2.36. The lowest BCUT2D eigenvalue weighted by atomic mass is 9.94. The number of hydrogen-bond acceptors (Lipinski definition) is 3. The van der Waals surface area contributed by atoms with E-state index in [2.05, 4.69) is 4.74 Å². The highest BCUT2D eigenvalue weighted by Crippen LogP contribution is 2.09. The van der Waals surface area contributed by atoms with Crippen LogP contribution in [0.1, 0.15) is 5.56 Å². The zero-order valence-electron chi connectivity index (χ0n) is 6.57. The highest BCUT2D eigenvalue weighted by Gasteiger charge is 1.97. The summed E-state index contributed by atoms with van der Waals surface area (Å²) in [7, 11) is 1.83. The van der Waals surface area contributed by atoms with Crippen molar-refractivity contribution in [3.8, 4) is 11.8 Å². The average Bonchev–Trinajstić information content (AvgIpc) is 2.04. The van der Waals surface area contributed by atoms with Gasteiger partial charge in [0, 0.05) is 0 Å². The molecule has 1 rings (SSSR count). The van der Waals surface area contributed by atoms with E-state index >= 15 is 0 Å². The molecule has 0 aromatic heterocycles. The van der Waals surface area contributed by atoms with Gasteiger partial charge in [-0.25, -0.2) is 0 Å². The summed E-state index contributed by atoms with van der Waals surface area (Å²) in [6.45, 7) is 0.343. The molecule has 0 aliphatic carbocycles. The van der Waals surface area contributed by atoms with Crippen LogP contribution in [0.3, 0.4) is 0 Å². The fourth-order valence-electron chi connectivity index (χ4n) is 0.936. The van der Waals surface area contributed by atoms with Gasteiger partial charge in [0.05, 0.1) is 11.6 Å². The van der Waals surface area contributed by atoms with Crippen LogP contribution >= 0.6 is 0 Å². The van der Waals surface area contributed by atoms with Gasteiger partial charge in [0.2, 0.25) is 0 Å². The van der Waals surface area contributed by atoms with Crippen LogP contribution in [0.15, 0.2) is 18.2 Å². The first kappa shape index (κ1) is 8.34. The minimum absolute atomic E-state index is 0.343. The topological polar surface area (TPSA) is 50.1 Å². The smallest absolute Gasteiger partial charge is 0.298 e. The van der Waals surface area contributed by atoms with Crippen molar-refractivity contribution in [1.29, 1.82) is 5.26 Å². The third kappa shape index (κ3) is 1.86. The molecule has 0 fully saturated rings. The Labute approximate surface area is 71.0 Å². The number of nitriles is 1. The molecule has 0 heterocycles. The summed E-state index contributed by atoms with van der Waals surface area (Å²) in [6, 6.07) is 6.90. The molecule has 1 aromatic carbocycles. The molecule has 3 nitrogen and oxygen atoms in total. The van der Waals surface area contributed by atoms with Crippen LogP contribution in [-0.2, 0) is 4.79 Å². The summed E-state index contributed by atoms with van der Waals surface area (Å²) < 4.78 is 4.60. The predicted octanol–water partition coefficient (Wildman–Crippen LogP) is -0.648. The summed E-state index contributed by atoms with van der Waals surface area (Å²) in [4.78, 5) is 9.98. The maximum absolute atomic E-state index is 9.98. The molecule has 1 aromatic rings. The lowest BCUT2D eigenvalue weighted by Crippen LogP contribution is -2.03. The van der Waals surface area contributed by atoms with Crippen molar-refractivity contribution in [3.63, 3.8) is 0 Å². The SMILES string of the molecule is Bc1cc(C#N)cc(OC=O)c1. The fraction of sp³-hybridized carbons (Fsp3) is 0. The van der Waals surface area contributed by atoms with Crippen molar-refractivity contribution in [1.82, 2.24) is 0 Å². The van der Waals surface area contributed by atoms with E-state index in [4.69, 9.17) is 5.26 Å². The predicted molar refractivity (Wildman–Crippen MR) is 46.0 cm³/mol. The number of carbonyl (C=O) groups excluding carboxylic acids is 1. The summed E-state index contributed by atoms with van der Waals surface area (Å²) >= 11 is 0. The van der Waals surface area contributed by atoms with Crippen LogP contribution in [0.2, 0.25) is 0 Å². The van der Waals surface area contributed by atoms with E-state index in [1.807, 2.05) is 13.9 Å². The number of rotatable bonds is 2. The lowest BCUT2D eigenvalue weighted by molar-refractivity contribution is -0.120. The summed E-state index contributed by atoms with van der Waals surface area (Å²) in [5, 5.41) is 8.56. The first-order valence-corrected chi connectivity index (χ1v) is 3.38. The average molecular weight is 159 g/mol. The number of ether oxygens (including phenoxy) is 1. The summed E-state index contributed by atoms with van der Waals surface area (Å²) in [6.07, 6.45) is 0. The second-order valence-electron chi connectivity index (χ2n) is 2.36. The Balaban J connectivity index is 3.07. The Morgan fingerprint density at radius 2 is 2.25 bits per heavy atom. The van der Waals surface area contributed by atoms with E-state index < -0.39 is 0 Å². The van der Waals surface area contributed by atoms with Gasteiger partial charge in [0.1, 0.15) is 13.6 Å². The Kier molecular flexibility index (Phi) is 2.49. The standard InChI is InChI=1S/C8H6BNO2/c9-7-1-6(4-10)2-8(3-7)12-5-11/h1-3,5H,9H2. The van der Waals surface area contributed by atoms with Gasteiger partial charge in [-0.2, -0.15) is 5.26 Å². The number of benzene rings is 1. The highest BCUT2D eigenvalue weighted by molar-refractivity contribution is 6.32. The van der Waals surface area contributed by atoms with Gasteiger partial charge in [0.15, 0.2) is 0 Å². The van der Waals surface area contributed by atoms with Crippen LogP contribution in [0, 0.1) is 11.3 Å². The molecule has 0 bridgehead atoms. The van der Waals surface area contributed by atoms with Gasteiger partial charge < -0.3 is 4.74 Å². The molecule has 0 saturated carbocycles. The summed E-state index contributed by atoms with van der Waals surface area (Å²) in [5.74, 6) is 0.404. The Morgan fingerprint density at radius 1 is 1.50 bits per heavy atom. The highest BCUT2D eigenvalue weighted by atomic mass is 16.5. The number of hydrogen-bond donors (Lipinski definition) is 0. The van der Waals surface area contributed by atoms with Gasteiger partial charge in [0.25, 0.3) is 6.47 Å². The van der Waals surface area contributed by atoms with Crippen molar-refractivity contribution in [2.45, 2.75) is 0 Å². The first-order chi connectivity index (χ1) is 5.76. The molecule has 0 spiro atoms. The normalized spacial score (nSPS) is 8.58. The largest absolute Gasteiger partial charge is 0.429 e. The second kappa shape index (κ2) is 3.58. The molecule has 0 atom stereocenters. The summed E-state index contributed by atoms with van der Waals surface area (Å²) in [5.41, 5.74) is 1.39. The molecular weight excluding hydrogens is 153 g/mol. The number of nitrogens with zero attached hydrogens (tertiary/aromatic N) is 1. The molecule has 12 heavy (non-hydrogen) atoms. The van der Waals surface area contributed by atoms with Crippen LogP contribution in [0.4, 0.5) is 0 Å². The van der Waals surface area contributed by atoms with Gasteiger partial charge in [-0.05, 0) is 12.1 Å². The van der Waals surface area contributed by atoms with Gasteiger partial charge in [-0.1, -0.05) is 11.5 Å². The molecular formula is C8H6BNO2.